The Balaban J connectivity index is 2.19. The zero-order valence-electron chi connectivity index (χ0n) is 14.1. The summed E-state index contributed by atoms with van der Waals surface area (Å²) in [5, 5.41) is 4.51. The van der Waals surface area contributed by atoms with Crippen LogP contribution in [0.5, 0.6) is 0 Å². The number of anilines is 1. The maximum atomic E-state index is 5.00. The summed E-state index contributed by atoms with van der Waals surface area (Å²) >= 11 is 1.88. The lowest BCUT2D eigenvalue weighted by Crippen LogP contribution is -2.51. The van der Waals surface area contributed by atoms with E-state index in [4.69, 9.17) is 4.98 Å². The fourth-order valence-electron chi connectivity index (χ4n) is 2.91. The molecule has 0 amide bonds. The number of aromatic nitrogens is 1. The van der Waals surface area contributed by atoms with Crippen LogP contribution in [-0.4, -0.2) is 49.7 Å². The minimum atomic E-state index is 0.549. The van der Waals surface area contributed by atoms with Crippen LogP contribution < -0.4 is 10.2 Å². The van der Waals surface area contributed by atoms with E-state index < -0.39 is 0 Å². The predicted octanol–water partition coefficient (Wildman–Crippen LogP) is 2.91. The Bertz CT molecular complexity index is 445. The van der Waals surface area contributed by atoms with E-state index in [1.807, 2.05) is 18.4 Å². The van der Waals surface area contributed by atoms with Crippen molar-refractivity contribution in [2.24, 2.45) is 0 Å². The summed E-state index contributed by atoms with van der Waals surface area (Å²) in [6.45, 7) is 11.1. The third-order valence-electron chi connectivity index (χ3n) is 4.65. The van der Waals surface area contributed by atoms with Crippen molar-refractivity contribution in [2.45, 2.75) is 52.1 Å². The van der Waals surface area contributed by atoms with Gasteiger partial charge in [-0.2, -0.15) is 0 Å². The zero-order valence-corrected chi connectivity index (χ0v) is 15.0. The number of likely N-dealkylation sites (N-methyl/N-ethyl adjacent to an activating group) is 1. The van der Waals surface area contributed by atoms with Crippen molar-refractivity contribution in [3.05, 3.63) is 10.6 Å². The minimum Gasteiger partial charge on any atom is -0.345 e. The van der Waals surface area contributed by atoms with Crippen LogP contribution in [0.1, 0.15) is 50.1 Å². The van der Waals surface area contributed by atoms with Gasteiger partial charge in [-0.15, -0.1) is 11.3 Å². The molecule has 1 saturated heterocycles. The Morgan fingerprint density at radius 2 is 2.14 bits per heavy atom. The number of piperazine rings is 1. The highest BCUT2D eigenvalue weighted by atomic mass is 32.1. The van der Waals surface area contributed by atoms with Gasteiger partial charge in [-0.25, -0.2) is 4.98 Å². The summed E-state index contributed by atoms with van der Waals surface area (Å²) in [5.41, 5.74) is 1.30. The number of hydrogen-bond donors (Lipinski definition) is 1. The third-order valence-corrected chi connectivity index (χ3v) is 5.78. The van der Waals surface area contributed by atoms with Crippen molar-refractivity contribution >= 4 is 16.5 Å². The predicted molar refractivity (Wildman–Crippen MR) is 92.5 cm³/mol. The summed E-state index contributed by atoms with van der Waals surface area (Å²) < 4.78 is 0. The monoisotopic (exact) mass is 310 g/mol. The van der Waals surface area contributed by atoms with Crippen LogP contribution in [0.4, 0.5) is 5.13 Å². The molecule has 4 nitrogen and oxygen atoms in total. The van der Waals surface area contributed by atoms with Crippen LogP contribution in [0, 0.1) is 0 Å². The van der Waals surface area contributed by atoms with Crippen LogP contribution in [0.15, 0.2) is 0 Å². The topological polar surface area (TPSA) is 31.4 Å². The van der Waals surface area contributed by atoms with Gasteiger partial charge in [0.15, 0.2) is 5.13 Å². The van der Waals surface area contributed by atoms with E-state index in [9.17, 15) is 0 Å². The molecule has 1 fully saturated rings. The highest BCUT2D eigenvalue weighted by Gasteiger charge is 2.26. The SMILES string of the molecule is CCC(C)c1nc(N2CCN(C)C(CC)C2)sc1CNC. The lowest BCUT2D eigenvalue weighted by atomic mass is 10.0. The van der Waals surface area contributed by atoms with E-state index in [2.05, 4.69) is 42.9 Å². The molecule has 1 aliphatic rings. The Morgan fingerprint density at radius 1 is 1.38 bits per heavy atom. The number of nitrogens with zero attached hydrogens (tertiary/aromatic N) is 3. The van der Waals surface area contributed by atoms with Crippen molar-refractivity contribution < 1.29 is 0 Å². The molecule has 1 aromatic rings. The van der Waals surface area contributed by atoms with Gasteiger partial charge in [0, 0.05) is 37.1 Å². The van der Waals surface area contributed by atoms with Crippen molar-refractivity contribution in [1.82, 2.24) is 15.2 Å². The summed E-state index contributed by atoms with van der Waals surface area (Å²) in [7, 11) is 4.26. The quantitative estimate of drug-likeness (QED) is 0.875. The average molecular weight is 311 g/mol. The van der Waals surface area contributed by atoms with E-state index in [1.54, 1.807) is 0 Å². The van der Waals surface area contributed by atoms with E-state index in [-0.39, 0.29) is 0 Å². The second-order valence-electron chi connectivity index (χ2n) is 6.13. The van der Waals surface area contributed by atoms with Crippen molar-refractivity contribution in [3.63, 3.8) is 0 Å². The number of rotatable bonds is 6. The first-order valence-electron chi connectivity index (χ1n) is 8.20. The largest absolute Gasteiger partial charge is 0.345 e. The van der Waals surface area contributed by atoms with Gasteiger partial charge in [0.05, 0.1) is 5.69 Å². The van der Waals surface area contributed by atoms with Gasteiger partial charge < -0.3 is 10.2 Å². The molecule has 1 aromatic heterocycles. The fourth-order valence-corrected chi connectivity index (χ4v) is 4.14. The van der Waals surface area contributed by atoms with Gasteiger partial charge in [0.25, 0.3) is 0 Å². The standard InChI is InChI=1S/C16H30N4S/c1-6-12(3)15-14(10-17-4)21-16(18-15)20-9-8-19(5)13(7-2)11-20/h12-13,17H,6-11H2,1-5H3. The highest BCUT2D eigenvalue weighted by Crippen LogP contribution is 2.33. The molecule has 0 aliphatic carbocycles. The van der Waals surface area contributed by atoms with Crippen molar-refractivity contribution in [2.75, 3.05) is 38.6 Å². The molecule has 1 aliphatic heterocycles. The first-order chi connectivity index (χ1) is 10.1. The van der Waals surface area contributed by atoms with Crippen LogP contribution in [0.2, 0.25) is 0 Å². The van der Waals surface area contributed by atoms with Crippen molar-refractivity contribution in [3.8, 4) is 0 Å². The summed E-state index contributed by atoms with van der Waals surface area (Å²) in [4.78, 5) is 11.4. The van der Waals surface area contributed by atoms with Gasteiger partial charge in [0.2, 0.25) is 0 Å². The smallest absolute Gasteiger partial charge is 0.185 e. The first-order valence-corrected chi connectivity index (χ1v) is 9.01. The lowest BCUT2D eigenvalue weighted by molar-refractivity contribution is 0.213. The molecule has 0 bridgehead atoms. The maximum absolute atomic E-state index is 5.00. The molecule has 0 spiro atoms. The maximum Gasteiger partial charge on any atom is 0.185 e. The van der Waals surface area contributed by atoms with E-state index in [0.717, 1.165) is 32.6 Å². The van der Waals surface area contributed by atoms with Crippen LogP contribution in [0.25, 0.3) is 0 Å². The molecule has 2 heterocycles. The second kappa shape index (κ2) is 7.56. The Hall–Kier alpha value is -0.650. The minimum absolute atomic E-state index is 0.549. The van der Waals surface area contributed by atoms with Gasteiger partial charge in [-0.05, 0) is 32.9 Å². The average Bonchev–Trinajstić information content (AvgIpc) is 2.91. The molecular weight excluding hydrogens is 280 g/mol. The zero-order chi connectivity index (χ0) is 15.4. The molecule has 120 valence electrons. The molecule has 0 saturated carbocycles. The summed E-state index contributed by atoms with van der Waals surface area (Å²) in [6, 6.07) is 0.655. The summed E-state index contributed by atoms with van der Waals surface area (Å²) in [6.07, 6.45) is 2.36. The molecule has 2 atom stereocenters. The molecule has 0 radical (unpaired) electrons. The van der Waals surface area contributed by atoms with Gasteiger partial charge in [0.1, 0.15) is 0 Å². The van der Waals surface area contributed by atoms with Crippen LogP contribution >= 0.6 is 11.3 Å². The van der Waals surface area contributed by atoms with Gasteiger partial charge >= 0.3 is 0 Å². The van der Waals surface area contributed by atoms with Gasteiger partial charge in [-0.3, -0.25) is 4.90 Å². The first kappa shape index (κ1) is 16.7. The molecule has 5 heteroatoms. The lowest BCUT2D eigenvalue weighted by Gasteiger charge is -2.39. The number of hydrogen-bond acceptors (Lipinski definition) is 5. The highest BCUT2D eigenvalue weighted by molar-refractivity contribution is 7.15. The molecule has 0 aromatic carbocycles. The van der Waals surface area contributed by atoms with E-state index in [1.165, 1.54) is 22.1 Å². The molecule has 2 unspecified atom stereocenters. The fraction of sp³-hybridized carbons (Fsp3) is 0.812. The molecular formula is C16H30N4S. The Labute approximate surface area is 133 Å². The second-order valence-corrected chi connectivity index (χ2v) is 7.20. The molecule has 21 heavy (non-hydrogen) atoms. The Kier molecular flexibility index (Phi) is 6.02. The molecule has 1 N–H and O–H groups in total. The summed E-state index contributed by atoms with van der Waals surface area (Å²) in [5.74, 6) is 0.549. The molecule has 2 rings (SSSR count). The van der Waals surface area contributed by atoms with Crippen molar-refractivity contribution in [1.29, 1.82) is 0 Å². The van der Waals surface area contributed by atoms with E-state index >= 15 is 0 Å². The number of nitrogens with one attached hydrogen (secondary N) is 1. The van der Waals surface area contributed by atoms with Crippen LogP contribution in [0.3, 0.4) is 0 Å². The van der Waals surface area contributed by atoms with E-state index in [0.29, 0.717) is 12.0 Å². The third kappa shape index (κ3) is 3.76. The van der Waals surface area contributed by atoms with Gasteiger partial charge in [-0.1, -0.05) is 20.8 Å². The normalized spacial score (nSPS) is 21.8. The van der Waals surface area contributed by atoms with Crippen LogP contribution in [-0.2, 0) is 6.54 Å². The Morgan fingerprint density at radius 3 is 2.76 bits per heavy atom. The number of thiazole rings is 1.